The molecule has 0 bridgehead atoms. The highest BCUT2D eigenvalue weighted by molar-refractivity contribution is 5.92. The number of nitrogens with two attached hydrogens (primary N) is 1. The van der Waals surface area contributed by atoms with E-state index in [4.69, 9.17) is 20.8 Å². The number of carboxylic acids is 1. The average molecular weight is 220 g/mol. The van der Waals surface area contributed by atoms with Gasteiger partial charge in [-0.3, -0.25) is 0 Å². The van der Waals surface area contributed by atoms with Gasteiger partial charge in [0.15, 0.2) is 5.60 Å². The number of nitrogens with zero attached hydrogens (tertiary/aromatic N) is 1. The minimum absolute atomic E-state index is 0.0525. The predicted molar refractivity (Wildman–Crippen MR) is 58.1 cm³/mol. The van der Waals surface area contributed by atoms with E-state index in [9.17, 15) is 4.79 Å². The molecule has 0 amide bonds. The third kappa shape index (κ3) is 2.64. The van der Waals surface area contributed by atoms with Crippen LogP contribution in [-0.4, -0.2) is 16.7 Å². The van der Waals surface area contributed by atoms with Gasteiger partial charge in [0.2, 0.25) is 0 Å². The van der Waals surface area contributed by atoms with E-state index in [1.54, 1.807) is 13.8 Å². The Labute approximate surface area is 93.1 Å². The van der Waals surface area contributed by atoms with Crippen LogP contribution in [0.25, 0.3) is 0 Å². The first-order chi connectivity index (χ1) is 7.35. The number of nitrogen functional groups attached to an aromatic ring is 1. The molecule has 0 aliphatic heterocycles. The van der Waals surface area contributed by atoms with Crippen molar-refractivity contribution in [1.29, 1.82) is 5.26 Å². The van der Waals surface area contributed by atoms with Crippen molar-refractivity contribution in [2.45, 2.75) is 19.4 Å². The van der Waals surface area contributed by atoms with Crippen molar-refractivity contribution >= 4 is 11.7 Å². The van der Waals surface area contributed by atoms with Gasteiger partial charge in [-0.2, -0.15) is 5.26 Å². The Morgan fingerprint density at radius 2 is 2.19 bits per heavy atom. The number of hydrogen-bond donors (Lipinski definition) is 2. The van der Waals surface area contributed by atoms with Crippen molar-refractivity contribution in [3.05, 3.63) is 23.8 Å². The summed E-state index contributed by atoms with van der Waals surface area (Å²) in [6.07, 6.45) is 0. The summed E-state index contributed by atoms with van der Waals surface area (Å²) in [5.41, 5.74) is 4.68. The van der Waals surface area contributed by atoms with Gasteiger partial charge in [-0.15, -0.1) is 0 Å². The summed E-state index contributed by atoms with van der Waals surface area (Å²) >= 11 is 0. The molecule has 0 aromatic heterocycles. The molecule has 1 aromatic carbocycles. The lowest BCUT2D eigenvalue weighted by molar-refractivity contribution is 0.0686. The molecule has 16 heavy (non-hydrogen) atoms. The van der Waals surface area contributed by atoms with Crippen LogP contribution in [0.5, 0.6) is 5.75 Å². The number of aromatic carboxylic acids is 1. The third-order valence-corrected chi connectivity index (χ3v) is 1.87. The van der Waals surface area contributed by atoms with Crippen LogP contribution in [-0.2, 0) is 0 Å². The Balaban J connectivity index is 3.15. The summed E-state index contributed by atoms with van der Waals surface area (Å²) in [5, 5.41) is 17.7. The lowest BCUT2D eigenvalue weighted by Crippen LogP contribution is -2.26. The van der Waals surface area contributed by atoms with E-state index in [1.165, 1.54) is 18.2 Å². The van der Waals surface area contributed by atoms with Gasteiger partial charge in [-0.25, -0.2) is 4.79 Å². The Morgan fingerprint density at radius 3 is 2.69 bits per heavy atom. The molecule has 5 heteroatoms. The fourth-order valence-electron chi connectivity index (χ4n) is 1.10. The quantitative estimate of drug-likeness (QED) is 0.755. The summed E-state index contributed by atoms with van der Waals surface area (Å²) < 4.78 is 5.30. The molecule has 0 spiro atoms. The Bertz CT molecular complexity index is 461. The topological polar surface area (TPSA) is 96.3 Å². The van der Waals surface area contributed by atoms with E-state index in [0.717, 1.165) is 0 Å². The molecular weight excluding hydrogens is 208 g/mol. The maximum atomic E-state index is 10.9. The molecule has 0 heterocycles. The van der Waals surface area contributed by atoms with Crippen LogP contribution in [0.4, 0.5) is 5.69 Å². The van der Waals surface area contributed by atoms with E-state index in [-0.39, 0.29) is 11.3 Å². The second kappa shape index (κ2) is 4.11. The molecule has 0 fully saturated rings. The van der Waals surface area contributed by atoms with Crippen LogP contribution in [0.1, 0.15) is 24.2 Å². The van der Waals surface area contributed by atoms with Gasteiger partial charge in [-0.05, 0) is 32.0 Å². The van der Waals surface area contributed by atoms with Gasteiger partial charge in [-0.1, -0.05) is 0 Å². The van der Waals surface area contributed by atoms with Crippen molar-refractivity contribution in [2.75, 3.05) is 5.73 Å². The van der Waals surface area contributed by atoms with E-state index in [0.29, 0.717) is 5.69 Å². The molecule has 0 aliphatic rings. The number of nitriles is 1. The van der Waals surface area contributed by atoms with Crippen LogP contribution in [0.3, 0.4) is 0 Å². The standard InChI is InChI=1S/C11H12N2O3/c1-11(2,6-12)16-9-4-3-7(13)5-8(9)10(14)15/h3-5H,13H2,1-2H3,(H,14,15). The second-order valence-electron chi connectivity index (χ2n) is 3.78. The van der Waals surface area contributed by atoms with Crippen LogP contribution in [0.2, 0.25) is 0 Å². The molecule has 0 radical (unpaired) electrons. The molecule has 1 aromatic rings. The normalized spacial score (nSPS) is 10.6. The number of benzene rings is 1. The Morgan fingerprint density at radius 1 is 1.56 bits per heavy atom. The number of ether oxygens (including phenoxy) is 1. The minimum Gasteiger partial charge on any atom is -0.478 e. The van der Waals surface area contributed by atoms with Gasteiger partial charge in [0.1, 0.15) is 17.4 Å². The smallest absolute Gasteiger partial charge is 0.339 e. The number of carbonyl (C=O) groups is 1. The lowest BCUT2D eigenvalue weighted by Gasteiger charge is -2.19. The number of hydrogen-bond acceptors (Lipinski definition) is 4. The highest BCUT2D eigenvalue weighted by Crippen LogP contribution is 2.25. The largest absolute Gasteiger partial charge is 0.478 e. The van der Waals surface area contributed by atoms with Crippen LogP contribution < -0.4 is 10.5 Å². The van der Waals surface area contributed by atoms with Gasteiger partial charge in [0.25, 0.3) is 0 Å². The zero-order valence-corrected chi connectivity index (χ0v) is 9.02. The number of rotatable bonds is 3. The van der Waals surface area contributed by atoms with E-state index in [2.05, 4.69) is 0 Å². The van der Waals surface area contributed by atoms with Gasteiger partial charge >= 0.3 is 5.97 Å². The maximum Gasteiger partial charge on any atom is 0.339 e. The van der Waals surface area contributed by atoms with E-state index >= 15 is 0 Å². The molecule has 0 saturated carbocycles. The van der Waals surface area contributed by atoms with Crippen molar-refractivity contribution in [1.82, 2.24) is 0 Å². The van der Waals surface area contributed by atoms with Crippen LogP contribution in [0.15, 0.2) is 18.2 Å². The first kappa shape index (κ1) is 11.9. The summed E-state index contributed by atoms with van der Waals surface area (Å²) in [5.74, 6) is -1.01. The first-order valence-electron chi connectivity index (χ1n) is 4.59. The highest BCUT2D eigenvalue weighted by atomic mass is 16.5. The molecule has 0 saturated heterocycles. The molecule has 84 valence electrons. The highest BCUT2D eigenvalue weighted by Gasteiger charge is 2.22. The van der Waals surface area contributed by atoms with Gasteiger partial charge in [0, 0.05) is 5.69 Å². The molecule has 0 unspecified atom stereocenters. The van der Waals surface area contributed by atoms with Crippen LogP contribution >= 0.6 is 0 Å². The zero-order valence-electron chi connectivity index (χ0n) is 9.02. The molecule has 0 atom stereocenters. The Kier molecular flexibility index (Phi) is 3.04. The van der Waals surface area contributed by atoms with Crippen molar-refractivity contribution in [2.24, 2.45) is 0 Å². The summed E-state index contributed by atoms with van der Waals surface area (Å²) in [6, 6.07) is 6.19. The summed E-state index contributed by atoms with van der Waals surface area (Å²) in [7, 11) is 0. The summed E-state index contributed by atoms with van der Waals surface area (Å²) in [6.45, 7) is 3.10. The molecule has 5 nitrogen and oxygen atoms in total. The van der Waals surface area contributed by atoms with Crippen molar-refractivity contribution < 1.29 is 14.6 Å². The van der Waals surface area contributed by atoms with Gasteiger partial charge < -0.3 is 15.6 Å². The SMILES string of the molecule is CC(C)(C#N)Oc1ccc(N)cc1C(=O)O. The molecule has 1 rings (SSSR count). The zero-order chi connectivity index (χ0) is 12.3. The molecule has 0 aliphatic carbocycles. The number of carboxylic acid groups (broad SMARTS) is 1. The fourth-order valence-corrected chi connectivity index (χ4v) is 1.10. The molecular formula is C11H12N2O3. The maximum absolute atomic E-state index is 10.9. The third-order valence-electron chi connectivity index (χ3n) is 1.87. The van der Waals surface area contributed by atoms with Gasteiger partial charge in [0.05, 0.1) is 0 Å². The monoisotopic (exact) mass is 220 g/mol. The summed E-state index contributed by atoms with van der Waals surface area (Å²) in [4.78, 5) is 10.9. The van der Waals surface area contributed by atoms with E-state index in [1.807, 2.05) is 6.07 Å². The van der Waals surface area contributed by atoms with Crippen LogP contribution in [0, 0.1) is 11.3 Å². The minimum atomic E-state index is -1.14. The number of anilines is 1. The second-order valence-corrected chi connectivity index (χ2v) is 3.78. The Hall–Kier alpha value is -2.22. The lowest BCUT2D eigenvalue weighted by atomic mass is 10.1. The molecule has 3 N–H and O–H groups in total. The average Bonchev–Trinajstić information content (AvgIpc) is 2.20. The van der Waals surface area contributed by atoms with Crippen molar-refractivity contribution in [3.8, 4) is 11.8 Å². The fraction of sp³-hybridized carbons (Fsp3) is 0.273. The van der Waals surface area contributed by atoms with E-state index < -0.39 is 11.6 Å². The first-order valence-corrected chi connectivity index (χ1v) is 4.59. The van der Waals surface area contributed by atoms with Crippen molar-refractivity contribution in [3.63, 3.8) is 0 Å². The predicted octanol–water partition coefficient (Wildman–Crippen LogP) is 1.65.